The van der Waals surface area contributed by atoms with Gasteiger partial charge in [0.2, 0.25) is 22.7 Å². The number of hydrogen-bond acceptors (Lipinski definition) is 8. The second-order valence-corrected chi connectivity index (χ2v) is 7.26. The zero-order valence-corrected chi connectivity index (χ0v) is 14.7. The summed E-state index contributed by atoms with van der Waals surface area (Å²) in [5.74, 6) is 1.22. The average molecular weight is 383 g/mol. The molecular weight excluding hydrogens is 366 g/mol. The summed E-state index contributed by atoms with van der Waals surface area (Å²) in [7, 11) is -2.08. The Morgan fingerprint density at radius 1 is 1.31 bits per heavy atom. The lowest BCUT2D eigenvalue weighted by Gasteiger charge is -2.04. The fraction of sp³-hybridized carbons (Fsp3) is 0.333. The first kappa shape index (κ1) is 18.0. The topological polar surface area (TPSA) is 129 Å². The molecule has 0 unspecified atom stereocenters. The minimum atomic E-state index is -3.38. The molecule has 0 atom stereocenters. The lowest BCUT2D eigenvalue weighted by molar-refractivity contribution is 0.0951. The number of benzene rings is 1. The third kappa shape index (κ3) is 4.43. The van der Waals surface area contributed by atoms with Gasteiger partial charge < -0.3 is 23.9 Å². The van der Waals surface area contributed by atoms with Crippen molar-refractivity contribution in [2.75, 3.05) is 26.1 Å². The van der Waals surface area contributed by atoms with Gasteiger partial charge in [-0.15, -0.1) is 0 Å². The Morgan fingerprint density at radius 2 is 2.12 bits per heavy atom. The van der Waals surface area contributed by atoms with E-state index in [-0.39, 0.29) is 37.3 Å². The molecule has 140 valence electrons. The Bertz CT molecular complexity index is 894. The average Bonchev–Trinajstić information content (AvgIpc) is 3.28. The van der Waals surface area contributed by atoms with Crippen molar-refractivity contribution in [3.8, 4) is 17.2 Å². The molecule has 0 bridgehead atoms. The van der Waals surface area contributed by atoms with Crippen LogP contribution in [0.1, 0.15) is 16.4 Å². The number of aromatic nitrogens is 1. The highest BCUT2D eigenvalue weighted by Gasteiger charge is 2.16. The smallest absolute Gasteiger partial charge is 0.273 e. The van der Waals surface area contributed by atoms with Crippen molar-refractivity contribution in [1.29, 1.82) is 0 Å². The van der Waals surface area contributed by atoms with Crippen molar-refractivity contribution in [2.45, 2.75) is 6.61 Å². The third-order valence-electron chi connectivity index (χ3n) is 3.46. The van der Waals surface area contributed by atoms with Gasteiger partial charge in [0.1, 0.15) is 12.0 Å². The molecule has 0 spiro atoms. The quantitative estimate of drug-likeness (QED) is 0.664. The number of ether oxygens (including phenoxy) is 3. The van der Waals surface area contributed by atoms with E-state index in [0.29, 0.717) is 17.2 Å². The summed E-state index contributed by atoms with van der Waals surface area (Å²) in [6.07, 6.45) is 1.18. The van der Waals surface area contributed by atoms with Crippen LogP contribution < -0.4 is 24.2 Å². The van der Waals surface area contributed by atoms with E-state index in [0.717, 1.165) is 0 Å². The number of nitrogens with zero attached hydrogens (tertiary/aromatic N) is 1. The van der Waals surface area contributed by atoms with Crippen LogP contribution in [0.5, 0.6) is 17.2 Å². The van der Waals surface area contributed by atoms with Crippen LogP contribution >= 0.6 is 0 Å². The predicted molar refractivity (Wildman–Crippen MR) is 88.6 cm³/mol. The molecule has 2 N–H and O–H groups in total. The zero-order chi connectivity index (χ0) is 18.6. The van der Waals surface area contributed by atoms with Crippen LogP contribution in [0.25, 0.3) is 0 Å². The fourth-order valence-corrected chi connectivity index (χ4v) is 2.66. The number of nitrogens with one attached hydrogen (secondary N) is 2. The van der Waals surface area contributed by atoms with Gasteiger partial charge in [0.15, 0.2) is 23.8 Å². The number of amides is 1. The number of fused-ring (bicyclic) bond motifs is 1. The maximum absolute atomic E-state index is 11.9. The van der Waals surface area contributed by atoms with Crippen molar-refractivity contribution >= 4 is 15.9 Å². The lowest BCUT2D eigenvalue weighted by Crippen LogP contribution is -2.33. The molecule has 0 radical (unpaired) electrons. The largest absolute Gasteiger partial charge is 0.484 e. The van der Waals surface area contributed by atoms with Crippen LogP contribution in [0.4, 0.5) is 0 Å². The Morgan fingerprint density at radius 3 is 2.92 bits per heavy atom. The summed E-state index contributed by atoms with van der Waals surface area (Å²) >= 11 is 0. The highest BCUT2D eigenvalue weighted by atomic mass is 32.2. The van der Waals surface area contributed by atoms with Gasteiger partial charge in [-0.3, -0.25) is 4.79 Å². The van der Waals surface area contributed by atoms with Crippen LogP contribution in [0.2, 0.25) is 0 Å². The second-order valence-electron chi connectivity index (χ2n) is 5.21. The molecule has 11 heteroatoms. The van der Waals surface area contributed by atoms with E-state index in [1.54, 1.807) is 18.2 Å². The molecule has 1 aliphatic heterocycles. The first-order valence-electron chi connectivity index (χ1n) is 7.63. The lowest BCUT2D eigenvalue weighted by atomic mass is 10.3. The molecule has 10 nitrogen and oxygen atoms in total. The van der Waals surface area contributed by atoms with E-state index in [2.05, 4.69) is 15.0 Å². The molecule has 2 heterocycles. The van der Waals surface area contributed by atoms with Gasteiger partial charge in [0.05, 0.1) is 5.75 Å². The number of carbonyl (C=O) groups excluding carboxylic acids is 1. The maximum atomic E-state index is 11.9. The first-order chi connectivity index (χ1) is 12.5. The summed E-state index contributed by atoms with van der Waals surface area (Å²) < 4.78 is 45.9. The van der Waals surface area contributed by atoms with Gasteiger partial charge in [-0.1, -0.05) is 0 Å². The summed E-state index contributed by atoms with van der Waals surface area (Å²) in [6.45, 7) is 0.144. The molecule has 1 amide bonds. The minimum Gasteiger partial charge on any atom is -0.484 e. The number of oxazole rings is 1. The monoisotopic (exact) mass is 383 g/mol. The molecule has 1 aliphatic rings. The zero-order valence-electron chi connectivity index (χ0n) is 13.9. The SMILES string of the molecule is CNS(=O)(=O)CCNC(=O)c1coc(COc2ccc3c(c2)OCO3)n1. The molecule has 1 aromatic heterocycles. The Balaban J connectivity index is 1.50. The van der Waals surface area contributed by atoms with E-state index in [1.165, 1.54) is 13.3 Å². The van der Waals surface area contributed by atoms with Gasteiger partial charge in [0.25, 0.3) is 5.91 Å². The van der Waals surface area contributed by atoms with Crippen LogP contribution in [-0.4, -0.2) is 45.4 Å². The minimum absolute atomic E-state index is 0.0149. The summed E-state index contributed by atoms with van der Waals surface area (Å²) in [5, 5.41) is 2.45. The van der Waals surface area contributed by atoms with Gasteiger partial charge in [0, 0.05) is 12.6 Å². The molecule has 0 saturated heterocycles. The van der Waals surface area contributed by atoms with Crippen molar-refractivity contribution in [3.05, 3.63) is 36.0 Å². The second kappa shape index (κ2) is 7.62. The highest BCUT2D eigenvalue weighted by molar-refractivity contribution is 7.89. The summed E-state index contributed by atoms with van der Waals surface area (Å²) in [4.78, 5) is 15.9. The van der Waals surface area contributed by atoms with Gasteiger partial charge in [-0.25, -0.2) is 18.1 Å². The Hall–Kier alpha value is -2.79. The molecule has 0 fully saturated rings. The summed E-state index contributed by atoms with van der Waals surface area (Å²) in [5.41, 5.74) is 0.0381. The molecule has 0 aliphatic carbocycles. The predicted octanol–water partition coefficient (Wildman–Crippen LogP) is 0.261. The molecule has 0 saturated carbocycles. The van der Waals surface area contributed by atoms with Crippen LogP contribution in [-0.2, 0) is 16.6 Å². The normalized spacial score (nSPS) is 12.8. The highest BCUT2D eigenvalue weighted by Crippen LogP contribution is 2.35. The maximum Gasteiger partial charge on any atom is 0.273 e. The number of hydrogen-bond donors (Lipinski definition) is 2. The Kier molecular flexibility index (Phi) is 5.28. The van der Waals surface area contributed by atoms with Crippen molar-refractivity contribution < 1.29 is 31.8 Å². The van der Waals surface area contributed by atoms with E-state index in [4.69, 9.17) is 18.6 Å². The van der Waals surface area contributed by atoms with Crippen LogP contribution in [0.3, 0.4) is 0 Å². The van der Waals surface area contributed by atoms with Crippen LogP contribution in [0.15, 0.2) is 28.9 Å². The Labute approximate surface area is 149 Å². The van der Waals surface area contributed by atoms with Crippen molar-refractivity contribution in [1.82, 2.24) is 15.0 Å². The van der Waals surface area contributed by atoms with Gasteiger partial charge in [-0.2, -0.15) is 0 Å². The van der Waals surface area contributed by atoms with E-state index >= 15 is 0 Å². The molecule has 1 aromatic carbocycles. The third-order valence-corrected chi connectivity index (χ3v) is 4.82. The van der Waals surface area contributed by atoms with E-state index < -0.39 is 15.9 Å². The van der Waals surface area contributed by atoms with E-state index in [1.807, 2.05) is 0 Å². The number of carbonyl (C=O) groups is 1. The number of sulfonamides is 1. The van der Waals surface area contributed by atoms with Crippen LogP contribution in [0, 0.1) is 0 Å². The van der Waals surface area contributed by atoms with Gasteiger partial charge >= 0.3 is 0 Å². The molecule has 3 rings (SSSR count). The number of rotatable bonds is 8. The first-order valence-corrected chi connectivity index (χ1v) is 9.28. The fourth-order valence-electron chi connectivity index (χ4n) is 2.08. The van der Waals surface area contributed by atoms with E-state index in [9.17, 15) is 13.2 Å². The van der Waals surface area contributed by atoms with Crippen molar-refractivity contribution in [3.63, 3.8) is 0 Å². The van der Waals surface area contributed by atoms with Gasteiger partial charge in [-0.05, 0) is 19.2 Å². The molecular formula is C15H17N3O7S. The molecule has 2 aromatic rings. The summed E-state index contributed by atoms with van der Waals surface area (Å²) in [6, 6.07) is 5.12. The molecule has 26 heavy (non-hydrogen) atoms. The van der Waals surface area contributed by atoms with Crippen molar-refractivity contribution in [2.24, 2.45) is 0 Å². The standard InChI is InChI=1S/C15H17N3O7S/c1-16-26(20,21)5-4-17-15(19)11-7-23-14(18-11)8-22-10-2-3-12-13(6-10)25-9-24-12/h2-3,6-7,16H,4-5,8-9H2,1H3,(H,17,19).